The highest BCUT2D eigenvalue weighted by atomic mass is 16.5. The second kappa shape index (κ2) is 4.81. The average Bonchev–Trinajstić information content (AvgIpc) is 2.71. The highest BCUT2D eigenvalue weighted by Gasteiger charge is 2.46. The summed E-state index contributed by atoms with van der Waals surface area (Å²) in [6.45, 7) is 0.275. The van der Waals surface area contributed by atoms with Crippen molar-refractivity contribution in [3.05, 3.63) is 23.7 Å². The molecule has 1 heterocycles. The summed E-state index contributed by atoms with van der Waals surface area (Å²) >= 11 is 0. The zero-order valence-electron chi connectivity index (χ0n) is 10.1. The number of carboxylic acids is 1. The molecule has 0 radical (unpaired) electrons. The number of carboxylic acid groups (broad SMARTS) is 1. The van der Waals surface area contributed by atoms with Crippen LogP contribution in [-0.4, -0.2) is 29.6 Å². The summed E-state index contributed by atoms with van der Waals surface area (Å²) < 4.78 is 10.1. The van der Waals surface area contributed by atoms with Crippen molar-refractivity contribution in [2.75, 3.05) is 7.11 Å². The van der Waals surface area contributed by atoms with Crippen LogP contribution in [0, 0.1) is 0 Å². The topological polar surface area (TPSA) is 88.8 Å². The Morgan fingerprint density at radius 1 is 1.50 bits per heavy atom. The lowest BCUT2D eigenvalue weighted by atomic mass is 9.76. The number of nitrogens with one attached hydrogen (secondary N) is 1. The Morgan fingerprint density at radius 3 is 2.72 bits per heavy atom. The van der Waals surface area contributed by atoms with Crippen LogP contribution in [0.4, 0.5) is 0 Å². The number of ether oxygens (including phenoxy) is 1. The fourth-order valence-corrected chi connectivity index (χ4v) is 1.92. The van der Waals surface area contributed by atoms with Gasteiger partial charge in [0.1, 0.15) is 17.9 Å². The molecule has 6 heteroatoms. The number of furan rings is 1. The second-order valence-corrected chi connectivity index (χ2v) is 4.39. The van der Waals surface area contributed by atoms with Crippen molar-refractivity contribution in [3.8, 4) is 0 Å². The first kappa shape index (κ1) is 12.6. The van der Waals surface area contributed by atoms with Gasteiger partial charge in [-0.1, -0.05) is 0 Å². The molecule has 1 aliphatic rings. The Labute approximate surface area is 104 Å². The molecule has 1 fully saturated rings. The number of aliphatic carboxylic acids is 1. The lowest BCUT2D eigenvalue weighted by Gasteiger charge is -2.37. The molecular weight excluding hydrogens is 238 g/mol. The van der Waals surface area contributed by atoms with Gasteiger partial charge in [0.25, 0.3) is 5.91 Å². The molecule has 0 atom stereocenters. The molecule has 0 saturated heterocycles. The summed E-state index contributed by atoms with van der Waals surface area (Å²) in [6, 6.07) is 3.14. The molecule has 1 amide bonds. The normalized spacial score (nSPS) is 16.9. The van der Waals surface area contributed by atoms with E-state index in [0.717, 1.165) is 6.42 Å². The molecule has 6 nitrogen and oxygen atoms in total. The third-order valence-electron chi connectivity index (χ3n) is 3.14. The minimum atomic E-state index is -1.12. The van der Waals surface area contributed by atoms with E-state index in [1.54, 1.807) is 6.07 Å². The molecule has 2 rings (SSSR count). The standard InChI is InChI=1S/C12H15NO5/c1-17-7-8-3-4-9(18-8)10(14)13-12(11(15)16)5-2-6-12/h3-4H,2,5-7H2,1H3,(H,13,14)(H,15,16). The summed E-state index contributed by atoms with van der Waals surface area (Å²) in [5, 5.41) is 11.6. The van der Waals surface area contributed by atoms with E-state index in [1.807, 2.05) is 0 Å². The highest BCUT2D eigenvalue weighted by molar-refractivity contribution is 5.96. The van der Waals surface area contributed by atoms with Gasteiger partial charge >= 0.3 is 5.97 Å². The Bertz CT molecular complexity index is 461. The zero-order chi connectivity index (χ0) is 13.2. The number of carbonyl (C=O) groups excluding carboxylic acids is 1. The van der Waals surface area contributed by atoms with Gasteiger partial charge in [0, 0.05) is 7.11 Å². The Morgan fingerprint density at radius 2 is 2.22 bits per heavy atom. The van der Waals surface area contributed by atoms with Crippen LogP contribution in [0.5, 0.6) is 0 Å². The first-order chi connectivity index (χ1) is 8.57. The fraction of sp³-hybridized carbons (Fsp3) is 0.500. The van der Waals surface area contributed by atoms with Crippen LogP contribution >= 0.6 is 0 Å². The van der Waals surface area contributed by atoms with Crippen molar-refractivity contribution in [1.82, 2.24) is 5.32 Å². The van der Waals surface area contributed by atoms with Gasteiger partial charge in [0.15, 0.2) is 5.76 Å². The van der Waals surface area contributed by atoms with Gasteiger partial charge < -0.3 is 19.6 Å². The largest absolute Gasteiger partial charge is 0.480 e. The predicted molar refractivity (Wildman–Crippen MR) is 61.1 cm³/mol. The van der Waals surface area contributed by atoms with E-state index in [2.05, 4.69) is 5.32 Å². The smallest absolute Gasteiger partial charge is 0.329 e. The maximum absolute atomic E-state index is 11.9. The van der Waals surface area contributed by atoms with Gasteiger partial charge in [-0.2, -0.15) is 0 Å². The fourth-order valence-electron chi connectivity index (χ4n) is 1.92. The van der Waals surface area contributed by atoms with Gasteiger partial charge in [-0.05, 0) is 31.4 Å². The molecule has 0 aliphatic heterocycles. The van der Waals surface area contributed by atoms with E-state index in [-0.39, 0.29) is 12.4 Å². The van der Waals surface area contributed by atoms with Crippen molar-refractivity contribution in [2.24, 2.45) is 0 Å². The summed E-state index contributed by atoms with van der Waals surface area (Å²) in [4.78, 5) is 23.0. The van der Waals surface area contributed by atoms with Gasteiger partial charge in [0.05, 0.1) is 0 Å². The Kier molecular flexibility index (Phi) is 3.38. The van der Waals surface area contributed by atoms with Crippen LogP contribution in [0.3, 0.4) is 0 Å². The maximum atomic E-state index is 11.9. The van der Waals surface area contributed by atoms with Crippen molar-refractivity contribution in [2.45, 2.75) is 31.4 Å². The number of carbonyl (C=O) groups is 2. The summed E-state index contributed by atoms with van der Waals surface area (Å²) in [7, 11) is 1.52. The van der Waals surface area contributed by atoms with Crippen LogP contribution < -0.4 is 5.32 Å². The lowest BCUT2D eigenvalue weighted by molar-refractivity contribution is -0.148. The minimum absolute atomic E-state index is 0.106. The van der Waals surface area contributed by atoms with Crippen molar-refractivity contribution >= 4 is 11.9 Å². The van der Waals surface area contributed by atoms with E-state index in [9.17, 15) is 9.59 Å². The third kappa shape index (κ3) is 2.24. The van der Waals surface area contributed by atoms with Gasteiger partial charge in [-0.3, -0.25) is 4.79 Å². The van der Waals surface area contributed by atoms with E-state index >= 15 is 0 Å². The summed E-state index contributed by atoms with van der Waals surface area (Å²) in [6.07, 6.45) is 1.72. The first-order valence-corrected chi connectivity index (χ1v) is 5.71. The molecule has 1 aromatic heterocycles. The number of hydrogen-bond donors (Lipinski definition) is 2. The lowest BCUT2D eigenvalue weighted by Crippen LogP contribution is -2.59. The van der Waals surface area contributed by atoms with Crippen molar-refractivity contribution in [1.29, 1.82) is 0 Å². The third-order valence-corrected chi connectivity index (χ3v) is 3.14. The van der Waals surface area contributed by atoms with E-state index < -0.39 is 17.4 Å². The van der Waals surface area contributed by atoms with Crippen LogP contribution in [0.1, 0.15) is 35.6 Å². The number of hydrogen-bond acceptors (Lipinski definition) is 4. The van der Waals surface area contributed by atoms with Gasteiger partial charge in [0.2, 0.25) is 0 Å². The van der Waals surface area contributed by atoms with Gasteiger partial charge in [-0.15, -0.1) is 0 Å². The van der Waals surface area contributed by atoms with Crippen molar-refractivity contribution in [3.63, 3.8) is 0 Å². The Balaban J connectivity index is 2.04. The van der Waals surface area contributed by atoms with Crippen LogP contribution in [-0.2, 0) is 16.1 Å². The molecule has 98 valence electrons. The molecule has 1 aromatic rings. The molecule has 1 aliphatic carbocycles. The maximum Gasteiger partial charge on any atom is 0.329 e. The number of methoxy groups -OCH3 is 1. The molecule has 0 bridgehead atoms. The molecule has 0 unspecified atom stereocenters. The number of rotatable bonds is 5. The molecule has 0 spiro atoms. The highest BCUT2D eigenvalue weighted by Crippen LogP contribution is 2.32. The van der Waals surface area contributed by atoms with Crippen LogP contribution in [0.25, 0.3) is 0 Å². The molecule has 1 saturated carbocycles. The van der Waals surface area contributed by atoms with E-state index in [0.29, 0.717) is 18.6 Å². The average molecular weight is 253 g/mol. The molecule has 2 N–H and O–H groups in total. The monoisotopic (exact) mass is 253 g/mol. The Hall–Kier alpha value is -1.82. The quantitative estimate of drug-likeness (QED) is 0.822. The summed E-state index contributed by atoms with van der Waals surface area (Å²) in [5.41, 5.74) is -1.12. The molecular formula is C12H15NO5. The van der Waals surface area contributed by atoms with Gasteiger partial charge in [-0.25, -0.2) is 4.79 Å². The van der Waals surface area contributed by atoms with Crippen molar-refractivity contribution < 1.29 is 23.8 Å². The van der Waals surface area contributed by atoms with E-state index in [4.69, 9.17) is 14.3 Å². The zero-order valence-corrected chi connectivity index (χ0v) is 10.1. The number of amides is 1. The first-order valence-electron chi connectivity index (χ1n) is 5.71. The van der Waals surface area contributed by atoms with Crippen LogP contribution in [0.2, 0.25) is 0 Å². The predicted octanol–water partition coefficient (Wildman–Crippen LogP) is 1.16. The molecule has 0 aromatic carbocycles. The summed E-state index contributed by atoms with van der Waals surface area (Å²) in [5.74, 6) is -0.861. The SMILES string of the molecule is COCc1ccc(C(=O)NC2(C(=O)O)CCC2)o1. The minimum Gasteiger partial charge on any atom is -0.480 e. The van der Waals surface area contributed by atoms with E-state index in [1.165, 1.54) is 13.2 Å². The second-order valence-electron chi connectivity index (χ2n) is 4.39. The molecule has 18 heavy (non-hydrogen) atoms. The van der Waals surface area contributed by atoms with Crippen LogP contribution in [0.15, 0.2) is 16.5 Å².